The minimum atomic E-state index is 0.0278. The second-order valence-electron chi connectivity index (χ2n) is 2.66. The van der Waals surface area contributed by atoms with E-state index in [1.54, 1.807) is 0 Å². The van der Waals surface area contributed by atoms with E-state index >= 15 is 0 Å². The maximum atomic E-state index is 8.09. The minimum absolute atomic E-state index is 0.0278. The fraction of sp³-hybridized carbons (Fsp3) is 1.00. The van der Waals surface area contributed by atoms with Crippen LogP contribution in [0.2, 0.25) is 0 Å². The Balaban J connectivity index is -0.000000177. The van der Waals surface area contributed by atoms with Crippen LogP contribution in [0.15, 0.2) is 0 Å². The van der Waals surface area contributed by atoms with Gasteiger partial charge in [-0.1, -0.05) is 0 Å². The molecule has 0 rings (SSSR count). The van der Waals surface area contributed by atoms with Gasteiger partial charge in [-0.05, 0) is 24.3 Å². The standard InChI is InChI=1S/C4H10O3.2C3H8OS/c5-1-3-7-4-2-6;2*4-2-1-3-5/h5-6H,1-4H2;2*4-5H,1-3H2. The first-order valence-corrected chi connectivity index (χ1v) is 6.74. The average Bonchev–Trinajstić information content (AvgIpc) is 2.33. The number of rotatable bonds is 8. The monoisotopic (exact) mass is 290 g/mol. The third kappa shape index (κ3) is 48.0. The summed E-state index contributed by atoms with van der Waals surface area (Å²) in [5.41, 5.74) is 0. The molecule has 0 fully saturated rings. The van der Waals surface area contributed by atoms with E-state index in [1.165, 1.54) is 0 Å². The predicted molar refractivity (Wildman–Crippen MR) is 76.1 cm³/mol. The number of ether oxygens (including phenoxy) is 1. The molecule has 0 aliphatic heterocycles. The van der Waals surface area contributed by atoms with Gasteiger partial charge in [0.05, 0.1) is 26.4 Å². The van der Waals surface area contributed by atoms with E-state index in [-0.39, 0.29) is 26.4 Å². The van der Waals surface area contributed by atoms with Crippen LogP contribution in [0.3, 0.4) is 0 Å². The first-order chi connectivity index (χ1) is 8.24. The molecule has 0 spiro atoms. The molecule has 5 nitrogen and oxygen atoms in total. The zero-order chi connectivity index (χ0) is 13.8. The summed E-state index contributed by atoms with van der Waals surface area (Å²) in [5.74, 6) is 1.58. The van der Waals surface area contributed by atoms with Crippen LogP contribution >= 0.6 is 25.3 Å². The fourth-order valence-corrected chi connectivity index (χ4v) is 0.655. The Bertz CT molecular complexity index is 84.8. The van der Waals surface area contributed by atoms with Crippen LogP contribution in [0.1, 0.15) is 12.8 Å². The van der Waals surface area contributed by atoms with Crippen molar-refractivity contribution in [3.8, 4) is 0 Å². The SMILES string of the molecule is OCCCS.OCCCS.OCCOCCO. The molecule has 4 N–H and O–H groups in total. The van der Waals surface area contributed by atoms with Crippen molar-refractivity contribution in [3.63, 3.8) is 0 Å². The van der Waals surface area contributed by atoms with Crippen molar-refractivity contribution >= 4 is 25.3 Å². The van der Waals surface area contributed by atoms with Gasteiger partial charge in [-0.25, -0.2) is 0 Å². The molecule has 0 saturated carbocycles. The summed E-state index contributed by atoms with van der Waals surface area (Å²) in [6, 6.07) is 0. The van der Waals surface area contributed by atoms with Crippen molar-refractivity contribution in [3.05, 3.63) is 0 Å². The quantitative estimate of drug-likeness (QED) is 0.270. The molecule has 17 heavy (non-hydrogen) atoms. The van der Waals surface area contributed by atoms with Crippen LogP contribution in [0, 0.1) is 0 Å². The molecule has 0 amide bonds. The van der Waals surface area contributed by atoms with Gasteiger partial charge < -0.3 is 25.2 Å². The second kappa shape index (κ2) is 30.0. The van der Waals surface area contributed by atoms with Gasteiger partial charge in [0.25, 0.3) is 0 Å². The van der Waals surface area contributed by atoms with Crippen LogP contribution < -0.4 is 0 Å². The molecule has 0 heterocycles. The molecule has 108 valence electrons. The number of aliphatic hydroxyl groups is 4. The van der Waals surface area contributed by atoms with Gasteiger partial charge in [0.15, 0.2) is 0 Å². The number of hydrogen-bond acceptors (Lipinski definition) is 7. The molecule has 0 bridgehead atoms. The van der Waals surface area contributed by atoms with Crippen LogP contribution in [-0.2, 0) is 4.74 Å². The highest BCUT2D eigenvalue weighted by atomic mass is 32.1. The molecule has 0 aromatic carbocycles. The average molecular weight is 290 g/mol. The van der Waals surface area contributed by atoms with Crippen LogP contribution in [-0.4, -0.2) is 71.6 Å². The van der Waals surface area contributed by atoms with Crippen molar-refractivity contribution < 1.29 is 25.2 Å². The van der Waals surface area contributed by atoms with E-state index in [0.29, 0.717) is 13.2 Å². The summed E-state index contributed by atoms with van der Waals surface area (Å²) in [5, 5.41) is 32.2. The summed E-state index contributed by atoms with van der Waals surface area (Å²) < 4.78 is 4.63. The highest BCUT2D eigenvalue weighted by Gasteiger charge is 1.79. The Labute approximate surface area is 115 Å². The van der Waals surface area contributed by atoms with Crippen molar-refractivity contribution in [2.24, 2.45) is 0 Å². The van der Waals surface area contributed by atoms with Crippen molar-refractivity contribution in [2.45, 2.75) is 12.8 Å². The second-order valence-corrected chi connectivity index (χ2v) is 3.56. The van der Waals surface area contributed by atoms with Gasteiger partial charge in [-0.15, -0.1) is 0 Å². The van der Waals surface area contributed by atoms with Gasteiger partial charge in [-0.3, -0.25) is 0 Å². The Kier molecular flexibility index (Phi) is 40.0. The van der Waals surface area contributed by atoms with E-state index in [2.05, 4.69) is 30.0 Å². The molecule has 0 unspecified atom stereocenters. The van der Waals surface area contributed by atoms with Gasteiger partial charge >= 0.3 is 0 Å². The van der Waals surface area contributed by atoms with Crippen molar-refractivity contribution in [1.82, 2.24) is 0 Å². The van der Waals surface area contributed by atoms with Crippen LogP contribution in [0.25, 0.3) is 0 Å². The zero-order valence-corrected chi connectivity index (χ0v) is 12.0. The molecule has 0 radical (unpaired) electrons. The Hall–Kier alpha value is 0.500. The van der Waals surface area contributed by atoms with E-state index in [4.69, 9.17) is 20.4 Å². The highest BCUT2D eigenvalue weighted by Crippen LogP contribution is 1.77. The van der Waals surface area contributed by atoms with Crippen LogP contribution in [0.4, 0.5) is 0 Å². The summed E-state index contributed by atoms with van der Waals surface area (Å²) in [6.07, 6.45) is 1.62. The lowest BCUT2D eigenvalue weighted by molar-refractivity contribution is 0.0650. The molecular weight excluding hydrogens is 264 g/mol. The molecule has 0 aliphatic carbocycles. The third-order valence-corrected chi connectivity index (χ3v) is 1.74. The summed E-state index contributed by atoms with van der Waals surface area (Å²) in [6.45, 7) is 1.23. The summed E-state index contributed by atoms with van der Waals surface area (Å²) in [7, 11) is 0. The smallest absolute Gasteiger partial charge is 0.0698 e. The lowest BCUT2D eigenvalue weighted by Gasteiger charge is -1.94. The molecule has 0 atom stereocenters. The normalized spacial score (nSPS) is 8.82. The number of hydrogen-bond donors (Lipinski definition) is 6. The summed E-state index contributed by atoms with van der Waals surface area (Å²) in [4.78, 5) is 0. The largest absolute Gasteiger partial charge is 0.396 e. The molecule has 0 aliphatic rings. The minimum Gasteiger partial charge on any atom is -0.396 e. The Morgan fingerprint density at radius 3 is 1.12 bits per heavy atom. The molecule has 0 aromatic heterocycles. The first kappa shape index (κ1) is 22.7. The van der Waals surface area contributed by atoms with Crippen molar-refractivity contribution in [2.75, 3.05) is 51.1 Å². The molecule has 0 aromatic rings. The zero-order valence-electron chi connectivity index (χ0n) is 10.2. The number of thiol groups is 2. The lowest BCUT2D eigenvalue weighted by Crippen LogP contribution is -2.03. The van der Waals surface area contributed by atoms with E-state index < -0.39 is 0 Å². The Morgan fingerprint density at radius 2 is 1.00 bits per heavy atom. The van der Waals surface area contributed by atoms with E-state index in [0.717, 1.165) is 24.3 Å². The van der Waals surface area contributed by atoms with Crippen molar-refractivity contribution in [1.29, 1.82) is 0 Å². The van der Waals surface area contributed by atoms with Gasteiger partial charge in [-0.2, -0.15) is 25.3 Å². The first-order valence-electron chi connectivity index (χ1n) is 5.47. The van der Waals surface area contributed by atoms with Gasteiger partial charge in [0, 0.05) is 13.2 Å². The topological polar surface area (TPSA) is 90.2 Å². The highest BCUT2D eigenvalue weighted by molar-refractivity contribution is 7.80. The van der Waals surface area contributed by atoms with Gasteiger partial charge in [0.1, 0.15) is 0 Å². The molecular formula is C10H26O5S2. The van der Waals surface area contributed by atoms with E-state index in [9.17, 15) is 0 Å². The lowest BCUT2D eigenvalue weighted by atomic mass is 10.5. The fourth-order valence-electron chi connectivity index (χ4n) is 0.373. The Morgan fingerprint density at radius 1 is 0.647 bits per heavy atom. The summed E-state index contributed by atoms with van der Waals surface area (Å²) >= 11 is 7.68. The predicted octanol–water partition coefficient (Wildman–Crippen LogP) is -0.415. The van der Waals surface area contributed by atoms with E-state index in [1.807, 2.05) is 0 Å². The van der Waals surface area contributed by atoms with Crippen LogP contribution in [0.5, 0.6) is 0 Å². The third-order valence-electron chi connectivity index (χ3n) is 1.10. The number of aliphatic hydroxyl groups excluding tert-OH is 4. The molecule has 0 saturated heterocycles. The van der Waals surface area contributed by atoms with Gasteiger partial charge in [0.2, 0.25) is 0 Å². The molecule has 7 heteroatoms. The maximum absolute atomic E-state index is 8.09. The maximum Gasteiger partial charge on any atom is 0.0698 e.